The molecular formula is C15H21NS. The minimum Gasteiger partial charge on any atom is -0.320 e. The van der Waals surface area contributed by atoms with Crippen LogP contribution in [0.5, 0.6) is 0 Å². The molecule has 2 N–H and O–H groups in total. The molecule has 0 radical (unpaired) electrons. The maximum Gasteiger partial charge on any atom is 0.0555 e. The lowest BCUT2D eigenvalue weighted by atomic mass is 10.1. The van der Waals surface area contributed by atoms with E-state index in [-0.39, 0.29) is 0 Å². The topological polar surface area (TPSA) is 26.0 Å². The first-order valence-corrected chi connectivity index (χ1v) is 7.27. The van der Waals surface area contributed by atoms with Gasteiger partial charge in [-0.15, -0.1) is 0 Å². The van der Waals surface area contributed by atoms with Crippen molar-refractivity contribution >= 4 is 11.8 Å². The first-order valence-electron chi connectivity index (χ1n) is 6.12. The van der Waals surface area contributed by atoms with Crippen LogP contribution in [0.25, 0.3) is 0 Å². The minimum atomic E-state index is 0.424. The fourth-order valence-electron chi connectivity index (χ4n) is 1.39. The maximum atomic E-state index is 5.37. The van der Waals surface area contributed by atoms with Crippen molar-refractivity contribution in [3.8, 4) is 11.8 Å². The third-order valence-electron chi connectivity index (χ3n) is 2.63. The molecule has 1 unspecified atom stereocenters. The normalized spacial score (nSPS) is 11.7. The predicted molar refractivity (Wildman–Crippen MR) is 78.0 cm³/mol. The summed E-state index contributed by atoms with van der Waals surface area (Å²) in [6, 6.07) is 8.43. The average Bonchev–Trinajstić information content (AvgIpc) is 2.36. The first-order chi connectivity index (χ1) is 8.26. The number of benzene rings is 1. The van der Waals surface area contributed by atoms with Gasteiger partial charge in [-0.05, 0) is 29.4 Å². The largest absolute Gasteiger partial charge is 0.320 e. The van der Waals surface area contributed by atoms with Gasteiger partial charge in [0.2, 0.25) is 0 Å². The molecule has 1 aromatic carbocycles. The number of hydrogen-bond donors (Lipinski definition) is 1. The van der Waals surface area contributed by atoms with Crippen LogP contribution in [0.15, 0.2) is 24.3 Å². The van der Waals surface area contributed by atoms with Crippen molar-refractivity contribution in [3.05, 3.63) is 35.4 Å². The van der Waals surface area contributed by atoms with Gasteiger partial charge < -0.3 is 5.73 Å². The quantitative estimate of drug-likeness (QED) is 0.808. The Morgan fingerprint density at radius 1 is 1.41 bits per heavy atom. The number of nitrogens with two attached hydrogens (primary N) is 1. The van der Waals surface area contributed by atoms with Crippen molar-refractivity contribution in [3.63, 3.8) is 0 Å². The number of rotatable bonds is 5. The third kappa shape index (κ3) is 5.81. The van der Waals surface area contributed by atoms with E-state index in [1.54, 1.807) is 0 Å². The van der Waals surface area contributed by atoms with Gasteiger partial charge in [-0.1, -0.05) is 44.2 Å². The molecule has 0 aromatic heterocycles. The van der Waals surface area contributed by atoms with Crippen molar-refractivity contribution in [2.45, 2.75) is 26.0 Å². The van der Waals surface area contributed by atoms with E-state index in [0.717, 1.165) is 17.2 Å². The number of hydrogen-bond acceptors (Lipinski definition) is 2. The third-order valence-corrected chi connectivity index (χ3v) is 3.97. The van der Waals surface area contributed by atoms with E-state index in [2.05, 4.69) is 43.9 Å². The minimum absolute atomic E-state index is 0.424. The lowest BCUT2D eigenvalue weighted by Gasteiger charge is -2.07. The van der Waals surface area contributed by atoms with Crippen LogP contribution in [0.4, 0.5) is 0 Å². The molecule has 1 aromatic rings. The molecular weight excluding hydrogens is 226 g/mol. The van der Waals surface area contributed by atoms with Crippen molar-refractivity contribution in [1.82, 2.24) is 0 Å². The lowest BCUT2D eigenvalue weighted by molar-refractivity contribution is 0.637. The highest BCUT2D eigenvalue weighted by Crippen LogP contribution is 2.17. The molecule has 0 aliphatic rings. The molecule has 0 bridgehead atoms. The standard InChI is InChI=1S/C15H21NS/c1-3-13(2)11-17-12-15-7-4-6-14(10-15)8-5-9-16/h4,6-7,10,13H,3,9,11-12,16H2,1-2H3. The second kappa shape index (κ2) is 8.22. The second-order valence-corrected chi connectivity index (χ2v) is 5.27. The monoisotopic (exact) mass is 247 g/mol. The summed E-state index contributed by atoms with van der Waals surface area (Å²) in [4.78, 5) is 0. The smallest absolute Gasteiger partial charge is 0.0555 e. The van der Waals surface area contributed by atoms with Gasteiger partial charge in [0.15, 0.2) is 0 Å². The predicted octanol–water partition coefficient (Wildman–Crippen LogP) is 3.28. The maximum absolute atomic E-state index is 5.37. The van der Waals surface area contributed by atoms with Crippen molar-refractivity contribution in [2.75, 3.05) is 12.3 Å². The van der Waals surface area contributed by atoms with E-state index >= 15 is 0 Å². The van der Waals surface area contributed by atoms with E-state index in [0.29, 0.717) is 6.54 Å². The Hall–Kier alpha value is -0.910. The Bertz CT molecular complexity index is 389. The summed E-state index contributed by atoms with van der Waals surface area (Å²) in [6.07, 6.45) is 1.26. The molecule has 1 atom stereocenters. The summed E-state index contributed by atoms with van der Waals surface area (Å²) in [5.41, 5.74) is 7.78. The first kappa shape index (κ1) is 14.2. The molecule has 0 aliphatic heterocycles. The van der Waals surface area contributed by atoms with Crippen LogP contribution < -0.4 is 5.73 Å². The summed E-state index contributed by atoms with van der Waals surface area (Å²) in [5, 5.41) is 0. The van der Waals surface area contributed by atoms with Crippen molar-refractivity contribution < 1.29 is 0 Å². The lowest BCUT2D eigenvalue weighted by Crippen LogP contribution is -1.96. The zero-order valence-electron chi connectivity index (χ0n) is 10.7. The van der Waals surface area contributed by atoms with Crippen LogP contribution in [0.3, 0.4) is 0 Å². The van der Waals surface area contributed by atoms with Crippen LogP contribution in [-0.4, -0.2) is 12.3 Å². The molecule has 0 spiro atoms. The Kier molecular flexibility index (Phi) is 6.84. The Labute approximate surface area is 109 Å². The summed E-state index contributed by atoms with van der Waals surface area (Å²) < 4.78 is 0. The number of thioether (sulfide) groups is 1. The van der Waals surface area contributed by atoms with Gasteiger partial charge in [-0.3, -0.25) is 0 Å². The Morgan fingerprint density at radius 3 is 2.94 bits per heavy atom. The molecule has 2 heteroatoms. The highest BCUT2D eigenvalue weighted by molar-refractivity contribution is 7.98. The highest BCUT2D eigenvalue weighted by atomic mass is 32.2. The summed E-state index contributed by atoms with van der Waals surface area (Å²) in [6.45, 7) is 4.97. The zero-order chi connectivity index (χ0) is 12.5. The molecule has 0 heterocycles. The van der Waals surface area contributed by atoms with E-state index in [1.165, 1.54) is 17.7 Å². The average molecular weight is 247 g/mol. The molecule has 0 fully saturated rings. The van der Waals surface area contributed by atoms with Gasteiger partial charge in [-0.25, -0.2) is 0 Å². The molecule has 0 saturated heterocycles. The molecule has 0 amide bonds. The Balaban J connectivity index is 2.48. The van der Waals surface area contributed by atoms with Crippen LogP contribution >= 0.6 is 11.8 Å². The summed E-state index contributed by atoms with van der Waals surface area (Å²) >= 11 is 2.00. The zero-order valence-corrected chi connectivity index (χ0v) is 11.5. The molecule has 17 heavy (non-hydrogen) atoms. The molecule has 1 rings (SSSR count). The van der Waals surface area contributed by atoms with Crippen LogP contribution in [-0.2, 0) is 5.75 Å². The molecule has 0 aliphatic carbocycles. The highest BCUT2D eigenvalue weighted by Gasteiger charge is 2.00. The van der Waals surface area contributed by atoms with Gasteiger partial charge in [0.1, 0.15) is 0 Å². The van der Waals surface area contributed by atoms with Gasteiger partial charge in [0.05, 0.1) is 6.54 Å². The van der Waals surface area contributed by atoms with E-state index < -0.39 is 0 Å². The van der Waals surface area contributed by atoms with Crippen LogP contribution in [0.2, 0.25) is 0 Å². The van der Waals surface area contributed by atoms with E-state index in [4.69, 9.17) is 5.73 Å². The fraction of sp³-hybridized carbons (Fsp3) is 0.467. The molecule has 92 valence electrons. The van der Waals surface area contributed by atoms with Gasteiger partial charge >= 0.3 is 0 Å². The van der Waals surface area contributed by atoms with Crippen molar-refractivity contribution in [1.29, 1.82) is 0 Å². The van der Waals surface area contributed by atoms with Gasteiger partial charge in [0.25, 0.3) is 0 Å². The SMILES string of the molecule is CCC(C)CSCc1cccc(C#CCN)c1. The molecule has 1 nitrogen and oxygen atoms in total. The van der Waals surface area contributed by atoms with Crippen molar-refractivity contribution in [2.24, 2.45) is 11.7 Å². The van der Waals surface area contributed by atoms with E-state index in [9.17, 15) is 0 Å². The second-order valence-electron chi connectivity index (χ2n) is 4.23. The van der Waals surface area contributed by atoms with Gasteiger partial charge in [0, 0.05) is 11.3 Å². The fourth-order valence-corrected chi connectivity index (χ4v) is 2.56. The summed E-state index contributed by atoms with van der Waals surface area (Å²) in [5.74, 6) is 9.07. The Morgan fingerprint density at radius 2 is 2.24 bits per heavy atom. The van der Waals surface area contributed by atoms with Crippen LogP contribution in [0, 0.1) is 17.8 Å². The van der Waals surface area contributed by atoms with Gasteiger partial charge in [-0.2, -0.15) is 11.8 Å². The summed E-state index contributed by atoms with van der Waals surface area (Å²) in [7, 11) is 0. The molecule has 0 saturated carbocycles. The van der Waals surface area contributed by atoms with E-state index in [1.807, 2.05) is 17.8 Å². The van der Waals surface area contributed by atoms with Crippen LogP contribution in [0.1, 0.15) is 31.4 Å².